The van der Waals surface area contributed by atoms with Gasteiger partial charge >= 0.3 is 0 Å². The van der Waals surface area contributed by atoms with Gasteiger partial charge in [0.15, 0.2) is 0 Å². The normalized spacial score (nSPS) is 11.2. The van der Waals surface area contributed by atoms with Gasteiger partial charge in [0.1, 0.15) is 17.1 Å². The van der Waals surface area contributed by atoms with Crippen LogP contribution in [0, 0.1) is 20.8 Å². The van der Waals surface area contributed by atoms with E-state index >= 15 is 0 Å². The van der Waals surface area contributed by atoms with Crippen molar-refractivity contribution in [3.63, 3.8) is 0 Å². The number of nitrogens with one attached hydrogen (secondary N) is 2. The van der Waals surface area contributed by atoms with Gasteiger partial charge in [-0.3, -0.25) is 9.48 Å². The maximum Gasteiger partial charge on any atom is 0.270 e. The van der Waals surface area contributed by atoms with E-state index in [1.165, 1.54) is 5.56 Å². The molecule has 0 spiro atoms. The molecule has 4 rings (SSSR count). The zero-order valence-corrected chi connectivity index (χ0v) is 20.2. The molecular formula is C24H26BrN5O2. The molecule has 3 aromatic heterocycles. The number of furan rings is 1. The maximum absolute atomic E-state index is 12.9. The van der Waals surface area contributed by atoms with Gasteiger partial charge in [-0.15, -0.1) is 0 Å². The number of rotatable bonds is 7. The first-order valence-corrected chi connectivity index (χ1v) is 11.4. The number of hydrogen-bond acceptors (Lipinski definition) is 5. The highest BCUT2D eigenvalue weighted by Crippen LogP contribution is 2.28. The Balaban J connectivity index is 1.52. The molecule has 0 bridgehead atoms. The van der Waals surface area contributed by atoms with Gasteiger partial charge in [0.2, 0.25) is 0 Å². The number of aryl methyl sites for hydroxylation is 3. The molecule has 7 nitrogen and oxygen atoms in total. The van der Waals surface area contributed by atoms with Gasteiger partial charge in [-0.25, -0.2) is 4.98 Å². The van der Waals surface area contributed by atoms with E-state index in [0.717, 1.165) is 45.5 Å². The topological polar surface area (TPSA) is 85.0 Å². The molecule has 0 aliphatic heterocycles. The lowest BCUT2D eigenvalue weighted by atomic mass is 10.1. The van der Waals surface area contributed by atoms with E-state index in [-0.39, 0.29) is 5.91 Å². The second-order valence-electron chi connectivity index (χ2n) is 7.75. The van der Waals surface area contributed by atoms with Crippen molar-refractivity contribution in [2.45, 2.75) is 40.7 Å². The number of benzene rings is 1. The Hall–Kier alpha value is -3.13. The predicted molar refractivity (Wildman–Crippen MR) is 130 cm³/mol. The Bertz CT molecular complexity index is 1290. The van der Waals surface area contributed by atoms with E-state index in [2.05, 4.69) is 50.5 Å². The third-order valence-corrected chi connectivity index (χ3v) is 6.48. The Kier molecular flexibility index (Phi) is 6.32. The van der Waals surface area contributed by atoms with Gasteiger partial charge in [0.05, 0.1) is 17.3 Å². The Labute approximate surface area is 195 Å². The molecule has 3 heterocycles. The number of carbonyl (C=O) groups is 1. The number of aromatic nitrogens is 3. The van der Waals surface area contributed by atoms with E-state index in [1.54, 1.807) is 12.3 Å². The van der Waals surface area contributed by atoms with Crippen LogP contribution >= 0.6 is 15.9 Å². The van der Waals surface area contributed by atoms with Gasteiger partial charge in [0, 0.05) is 35.0 Å². The lowest BCUT2D eigenvalue weighted by Gasteiger charge is -2.11. The molecule has 0 unspecified atom stereocenters. The molecule has 166 valence electrons. The summed E-state index contributed by atoms with van der Waals surface area (Å²) in [4.78, 5) is 17.5. The van der Waals surface area contributed by atoms with Gasteiger partial charge in [-0.1, -0.05) is 15.9 Å². The molecule has 1 aromatic carbocycles. The van der Waals surface area contributed by atoms with Crippen LogP contribution in [0.5, 0.6) is 0 Å². The van der Waals surface area contributed by atoms with Crippen molar-refractivity contribution in [3.05, 3.63) is 69.3 Å². The third kappa shape index (κ3) is 4.41. The van der Waals surface area contributed by atoms with E-state index in [9.17, 15) is 4.79 Å². The van der Waals surface area contributed by atoms with Crippen molar-refractivity contribution in [1.29, 1.82) is 0 Å². The highest BCUT2D eigenvalue weighted by Gasteiger charge is 2.16. The minimum Gasteiger partial charge on any atom is -0.464 e. The number of anilines is 2. The number of fused-ring (bicyclic) bond motifs is 1. The highest BCUT2D eigenvalue weighted by atomic mass is 79.9. The minimum absolute atomic E-state index is 0.239. The van der Waals surface area contributed by atoms with Crippen molar-refractivity contribution in [1.82, 2.24) is 20.1 Å². The average molecular weight is 496 g/mol. The van der Waals surface area contributed by atoms with Crippen molar-refractivity contribution in [2.75, 3.05) is 11.9 Å². The summed E-state index contributed by atoms with van der Waals surface area (Å²) in [5.41, 5.74) is 6.23. The summed E-state index contributed by atoms with van der Waals surface area (Å²) >= 11 is 3.52. The van der Waals surface area contributed by atoms with Crippen LogP contribution in [0.4, 0.5) is 11.5 Å². The average Bonchev–Trinajstić information content (AvgIpc) is 3.35. The zero-order chi connectivity index (χ0) is 22.8. The first-order chi connectivity index (χ1) is 15.4. The van der Waals surface area contributed by atoms with E-state index < -0.39 is 0 Å². The van der Waals surface area contributed by atoms with Crippen LogP contribution in [0.15, 0.2) is 45.5 Å². The highest BCUT2D eigenvalue weighted by molar-refractivity contribution is 9.10. The second-order valence-corrected chi connectivity index (χ2v) is 8.60. The van der Waals surface area contributed by atoms with Gasteiger partial charge in [-0.05, 0) is 69.5 Å². The molecule has 0 saturated heterocycles. The molecule has 0 atom stereocenters. The second kappa shape index (κ2) is 9.16. The summed E-state index contributed by atoms with van der Waals surface area (Å²) in [6.07, 6.45) is 2.32. The van der Waals surface area contributed by atoms with Crippen LogP contribution in [-0.2, 0) is 13.0 Å². The fourth-order valence-corrected chi connectivity index (χ4v) is 4.08. The Morgan fingerprint density at radius 3 is 2.72 bits per heavy atom. The monoisotopic (exact) mass is 495 g/mol. The number of nitrogens with zero attached hydrogens (tertiary/aromatic N) is 3. The van der Waals surface area contributed by atoms with Crippen LogP contribution in [0.25, 0.3) is 11.0 Å². The van der Waals surface area contributed by atoms with Crippen molar-refractivity contribution < 1.29 is 9.21 Å². The van der Waals surface area contributed by atoms with Gasteiger partial charge < -0.3 is 15.1 Å². The smallest absolute Gasteiger partial charge is 0.270 e. The molecule has 0 aliphatic carbocycles. The maximum atomic E-state index is 12.9. The first kappa shape index (κ1) is 22.1. The largest absolute Gasteiger partial charge is 0.464 e. The Morgan fingerprint density at radius 1 is 1.19 bits per heavy atom. The number of carbonyl (C=O) groups excluding carboxylic acids is 1. The molecule has 2 N–H and O–H groups in total. The predicted octanol–water partition coefficient (Wildman–Crippen LogP) is 5.45. The molecule has 1 amide bonds. The summed E-state index contributed by atoms with van der Waals surface area (Å²) in [5, 5.41) is 11.7. The Morgan fingerprint density at radius 2 is 2.00 bits per heavy atom. The zero-order valence-electron chi connectivity index (χ0n) is 18.6. The fraction of sp³-hybridized carbons (Fsp3) is 0.292. The molecule has 0 aliphatic rings. The summed E-state index contributed by atoms with van der Waals surface area (Å²) < 4.78 is 8.59. The molecule has 0 fully saturated rings. The number of pyridine rings is 1. The quantitative estimate of drug-likeness (QED) is 0.356. The lowest BCUT2D eigenvalue weighted by Crippen LogP contribution is -2.27. The molecule has 4 aromatic rings. The minimum atomic E-state index is -0.239. The first-order valence-electron chi connectivity index (χ1n) is 10.6. The fourth-order valence-electron chi connectivity index (χ4n) is 3.83. The van der Waals surface area contributed by atoms with Crippen molar-refractivity contribution in [3.8, 4) is 0 Å². The van der Waals surface area contributed by atoms with Gasteiger partial charge in [-0.2, -0.15) is 5.10 Å². The van der Waals surface area contributed by atoms with Crippen LogP contribution < -0.4 is 10.6 Å². The van der Waals surface area contributed by atoms with E-state index in [0.29, 0.717) is 23.6 Å². The molecule has 0 radical (unpaired) electrons. The molecular weight excluding hydrogens is 470 g/mol. The van der Waals surface area contributed by atoms with Crippen LogP contribution in [0.2, 0.25) is 0 Å². The summed E-state index contributed by atoms with van der Waals surface area (Å²) in [6, 6.07) is 9.47. The van der Waals surface area contributed by atoms with E-state index in [4.69, 9.17) is 4.42 Å². The summed E-state index contributed by atoms with van der Waals surface area (Å²) in [7, 11) is 0. The molecule has 32 heavy (non-hydrogen) atoms. The van der Waals surface area contributed by atoms with Crippen molar-refractivity contribution in [2.24, 2.45) is 0 Å². The lowest BCUT2D eigenvalue weighted by molar-refractivity contribution is 0.0949. The van der Waals surface area contributed by atoms with Crippen LogP contribution in [-0.4, -0.2) is 27.2 Å². The third-order valence-electron chi connectivity index (χ3n) is 5.60. The van der Waals surface area contributed by atoms with Crippen molar-refractivity contribution >= 4 is 44.3 Å². The number of amides is 1. The molecule has 8 heteroatoms. The standard InChI is InChI=1S/C24H26BrN5O2/c1-5-30-16(4)18(15(3)29-30)8-10-26-24(31)21-13-22-19(9-11-32-22)23(28-21)27-17-6-7-20(25)14(2)12-17/h6-7,9,11-13H,5,8,10H2,1-4H3,(H,26,31)(H,27,28). The van der Waals surface area contributed by atoms with Crippen LogP contribution in [0.1, 0.15) is 39.9 Å². The summed E-state index contributed by atoms with van der Waals surface area (Å²) in [5.74, 6) is 0.343. The number of halogens is 1. The summed E-state index contributed by atoms with van der Waals surface area (Å²) in [6.45, 7) is 9.50. The van der Waals surface area contributed by atoms with Crippen LogP contribution in [0.3, 0.4) is 0 Å². The van der Waals surface area contributed by atoms with E-state index in [1.807, 2.05) is 42.8 Å². The number of hydrogen-bond donors (Lipinski definition) is 2. The van der Waals surface area contributed by atoms with Gasteiger partial charge in [0.25, 0.3) is 5.91 Å². The SMILES string of the molecule is CCn1nc(C)c(CCNC(=O)c2cc3occc3c(Nc3ccc(Br)c(C)c3)n2)c1C. The molecule has 0 saturated carbocycles.